The molecule has 0 aromatic carbocycles. The van der Waals surface area contributed by atoms with Gasteiger partial charge in [0.1, 0.15) is 6.17 Å². The molecule has 8 heteroatoms. The van der Waals surface area contributed by atoms with E-state index in [2.05, 4.69) is 28.3 Å². The van der Waals surface area contributed by atoms with Crippen molar-refractivity contribution in [1.29, 1.82) is 0 Å². The smallest absolute Gasteiger partial charge is 0.318 e. The van der Waals surface area contributed by atoms with Crippen LogP contribution in [0.5, 0.6) is 0 Å². The highest BCUT2D eigenvalue weighted by molar-refractivity contribution is 5.30. The summed E-state index contributed by atoms with van der Waals surface area (Å²) in [4.78, 5) is 4.19. The average molecular weight is 391 g/mol. The lowest BCUT2D eigenvalue weighted by Crippen LogP contribution is -2.39. The van der Waals surface area contributed by atoms with Crippen LogP contribution in [0.1, 0.15) is 61.6 Å². The summed E-state index contributed by atoms with van der Waals surface area (Å²) in [6.07, 6.45) is 8.20. The van der Waals surface area contributed by atoms with E-state index in [1.807, 2.05) is 16.6 Å². The number of anilines is 1. The molecule has 2 atom stereocenters. The minimum absolute atomic E-state index is 0.0367. The molecule has 3 heterocycles. The fourth-order valence-corrected chi connectivity index (χ4v) is 4.78. The maximum atomic E-state index is 14.1. The molecule has 154 valence electrons. The van der Waals surface area contributed by atoms with Gasteiger partial charge in [-0.2, -0.15) is 5.10 Å². The first kappa shape index (κ1) is 19.4. The Bertz CT molecular complexity index is 784. The molecule has 1 saturated carbocycles. The van der Waals surface area contributed by atoms with Gasteiger partial charge in [0.15, 0.2) is 0 Å². The molecule has 1 aliphatic carbocycles. The maximum Gasteiger partial charge on any atom is 0.318 e. The number of aromatic nitrogens is 4. The van der Waals surface area contributed by atoms with Crippen LogP contribution in [-0.4, -0.2) is 57.2 Å². The number of rotatable bonds is 6. The molecule has 0 amide bonds. The zero-order valence-corrected chi connectivity index (χ0v) is 17.1. The van der Waals surface area contributed by atoms with E-state index < -0.39 is 6.17 Å². The maximum absolute atomic E-state index is 14.1. The Labute approximate surface area is 165 Å². The van der Waals surface area contributed by atoms with Gasteiger partial charge in [-0.25, -0.2) is 4.39 Å². The molecule has 0 N–H and O–H groups in total. The highest BCUT2D eigenvalue weighted by atomic mass is 19.1. The monoisotopic (exact) mass is 390 g/mol. The number of hydrogen-bond acceptors (Lipinski definition) is 6. The summed E-state index contributed by atoms with van der Waals surface area (Å²) in [5, 5.41) is 12.8. The van der Waals surface area contributed by atoms with Crippen LogP contribution >= 0.6 is 0 Å². The van der Waals surface area contributed by atoms with Crippen LogP contribution < -0.4 is 4.90 Å². The molecular formula is C20H31FN6O. The van der Waals surface area contributed by atoms with Crippen molar-refractivity contribution in [2.45, 2.75) is 70.1 Å². The molecule has 0 spiro atoms. The Morgan fingerprint density at radius 2 is 2.04 bits per heavy atom. The Kier molecular flexibility index (Phi) is 5.66. The Morgan fingerprint density at radius 3 is 2.75 bits per heavy atom. The fourth-order valence-electron chi connectivity index (χ4n) is 4.78. The van der Waals surface area contributed by atoms with Crippen LogP contribution in [0.15, 0.2) is 10.6 Å². The van der Waals surface area contributed by atoms with Gasteiger partial charge < -0.3 is 9.32 Å². The van der Waals surface area contributed by atoms with Crippen molar-refractivity contribution in [3.05, 3.63) is 23.3 Å². The van der Waals surface area contributed by atoms with E-state index >= 15 is 0 Å². The normalized spacial score (nSPS) is 23.8. The van der Waals surface area contributed by atoms with E-state index in [1.165, 1.54) is 43.4 Å². The van der Waals surface area contributed by atoms with Crippen LogP contribution in [-0.2, 0) is 13.6 Å². The summed E-state index contributed by atoms with van der Waals surface area (Å²) in [5.74, 6) is 1.09. The van der Waals surface area contributed by atoms with Crippen molar-refractivity contribution in [2.24, 2.45) is 7.05 Å². The highest BCUT2D eigenvalue weighted by Crippen LogP contribution is 2.34. The zero-order valence-electron chi connectivity index (χ0n) is 17.1. The first-order chi connectivity index (χ1) is 13.5. The van der Waals surface area contributed by atoms with Gasteiger partial charge in [-0.3, -0.25) is 9.58 Å². The van der Waals surface area contributed by atoms with Crippen molar-refractivity contribution in [3.8, 4) is 0 Å². The number of alkyl halides is 1. The third-order valence-corrected chi connectivity index (χ3v) is 6.02. The lowest BCUT2D eigenvalue weighted by Gasteiger charge is -2.27. The Balaban J connectivity index is 1.43. The van der Waals surface area contributed by atoms with Gasteiger partial charge >= 0.3 is 6.01 Å². The van der Waals surface area contributed by atoms with E-state index in [0.717, 1.165) is 13.1 Å². The molecule has 0 radical (unpaired) electrons. The molecule has 1 aliphatic heterocycles. The molecule has 2 aromatic heterocycles. The predicted octanol–water partition coefficient (Wildman–Crippen LogP) is 3.21. The predicted molar refractivity (Wildman–Crippen MR) is 105 cm³/mol. The third kappa shape index (κ3) is 4.21. The summed E-state index contributed by atoms with van der Waals surface area (Å²) in [7, 11) is 4.10. The van der Waals surface area contributed by atoms with Crippen molar-refractivity contribution in [1.82, 2.24) is 24.9 Å². The second-order valence-corrected chi connectivity index (χ2v) is 8.49. The van der Waals surface area contributed by atoms with Gasteiger partial charge in [0.25, 0.3) is 0 Å². The SMILES string of the molecule is Cc1nnc(N2C[C@@H](F)C[C@H]2CN(C)Cc2cn(C)nc2C2CCCCC2)o1. The Morgan fingerprint density at radius 1 is 1.25 bits per heavy atom. The lowest BCUT2D eigenvalue weighted by atomic mass is 9.85. The van der Waals surface area contributed by atoms with Crippen molar-refractivity contribution in [2.75, 3.05) is 25.0 Å². The van der Waals surface area contributed by atoms with Crippen LogP contribution in [0.25, 0.3) is 0 Å². The molecule has 0 unspecified atom stereocenters. The van der Waals surface area contributed by atoms with E-state index in [4.69, 9.17) is 9.52 Å². The summed E-state index contributed by atoms with van der Waals surface area (Å²) < 4.78 is 21.6. The summed E-state index contributed by atoms with van der Waals surface area (Å²) in [5.41, 5.74) is 2.56. The molecule has 2 fully saturated rings. The molecule has 4 rings (SSSR count). The van der Waals surface area contributed by atoms with Gasteiger partial charge in [-0.1, -0.05) is 24.4 Å². The van der Waals surface area contributed by atoms with Gasteiger partial charge in [0, 0.05) is 57.2 Å². The number of likely N-dealkylation sites (N-methyl/N-ethyl adjacent to an activating group) is 1. The highest BCUT2D eigenvalue weighted by Gasteiger charge is 2.36. The van der Waals surface area contributed by atoms with Crippen LogP contribution in [0, 0.1) is 6.92 Å². The summed E-state index contributed by atoms with van der Waals surface area (Å²) in [6, 6.07) is 0.468. The minimum atomic E-state index is -0.859. The van der Waals surface area contributed by atoms with E-state index in [0.29, 0.717) is 30.8 Å². The van der Waals surface area contributed by atoms with Crippen LogP contribution in [0.3, 0.4) is 0 Å². The number of hydrogen-bond donors (Lipinski definition) is 0. The molecule has 28 heavy (non-hydrogen) atoms. The van der Waals surface area contributed by atoms with Gasteiger partial charge in [-0.05, 0) is 19.9 Å². The van der Waals surface area contributed by atoms with Crippen LogP contribution in [0.2, 0.25) is 0 Å². The summed E-state index contributed by atoms with van der Waals surface area (Å²) in [6.45, 7) is 3.65. The van der Waals surface area contributed by atoms with Gasteiger partial charge in [0.05, 0.1) is 12.2 Å². The second-order valence-electron chi connectivity index (χ2n) is 8.49. The zero-order chi connectivity index (χ0) is 19.7. The average Bonchev–Trinajstić information content (AvgIpc) is 3.34. The molecule has 0 bridgehead atoms. The van der Waals surface area contributed by atoms with Crippen molar-refractivity contribution in [3.63, 3.8) is 0 Å². The quantitative estimate of drug-likeness (QED) is 0.755. The first-order valence-corrected chi connectivity index (χ1v) is 10.4. The molecular weight excluding hydrogens is 359 g/mol. The van der Waals surface area contributed by atoms with Crippen molar-refractivity contribution >= 4 is 6.01 Å². The molecule has 2 aliphatic rings. The third-order valence-electron chi connectivity index (χ3n) is 6.02. The topological polar surface area (TPSA) is 63.2 Å². The number of nitrogens with zero attached hydrogens (tertiary/aromatic N) is 6. The second kappa shape index (κ2) is 8.19. The lowest BCUT2D eigenvalue weighted by molar-refractivity contribution is 0.286. The van der Waals surface area contributed by atoms with E-state index in [9.17, 15) is 4.39 Å². The minimum Gasteiger partial charge on any atom is -0.408 e. The number of aryl methyl sites for hydroxylation is 2. The fraction of sp³-hybridized carbons (Fsp3) is 0.750. The van der Waals surface area contributed by atoms with Crippen LogP contribution in [0.4, 0.5) is 10.4 Å². The van der Waals surface area contributed by atoms with Gasteiger partial charge in [-0.15, -0.1) is 5.10 Å². The number of halogens is 1. The molecule has 1 saturated heterocycles. The molecule has 2 aromatic rings. The van der Waals surface area contributed by atoms with Gasteiger partial charge in [0.2, 0.25) is 5.89 Å². The van der Waals surface area contributed by atoms with E-state index in [-0.39, 0.29) is 6.04 Å². The Hall–Kier alpha value is -1.96. The van der Waals surface area contributed by atoms with E-state index in [1.54, 1.807) is 6.92 Å². The molecule has 7 nitrogen and oxygen atoms in total. The summed E-state index contributed by atoms with van der Waals surface area (Å²) >= 11 is 0. The van der Waals surface area contributed by atoms with Crippen molar-refractivity contribution < 1.29 is 8.81 Å². The largest absolute Gasteiger partial charge is 0.408 e. The first-order valence-electron chi connectivity index (χ1n) is 10.4. The standard InChI is InChI=1S/C20H31FN6O/c1-14-22-23-20(28-14)27-12-17(21)9-18(27)13-25(2)10-16-11-26(3)24-19(16)15-7-5-4-6-8-15/h11,15,17-18H,4-10,12-13H2,1-3H3/t17-,18-/m0/s1.